The molecule has 6 nitrogen and oxygen atoms in total. The number of aryl methyl sites for hydroxylation is 1. The van der Waals surface area contributed by atoms with Crippen LogP contribution in [0.5, 0.6) is 5.75 Å². The van der Waals surface area contributed by atoms with Gasteiger partial charge in [0.1, 0.15) is 11.6 Å². The molecule has 0 saturated carbocycles. The van der Waals surface area contributed by atoms with Gasteiger partial charge in [0.05, 0.1) is 0 Å². The zero-order chi connectivity index (χ0) is 14.1. The summed E-state index contributed by atoms with van der Waals surface area (Å²) in [6, 6.07) is 8.61. The molecule has 2 heterocycles. The van der Waals surface area contributed by atoms with E-state index in [9.17, 15) is 5.11 Å². The van der Waals surface area contributed by atoms with Crippen molar-refractivity contribution in [1.82, 2.24) is 15.1 Å². The first-order valence-electron chi connectivity index (χ1n) is 5.99. The van der Waals surface area contributed by atoms with Gasteiger partial charge in [-0.15, -0.1) is 0 Å². The summed E-state index contributed by atoms with van der Waals surface area (Å²) in [5.41, 5.74) is 7.79. The maximum absolute atomic E-state index is 9.71. The van der Waals surface area contributed by atoms with Gasteiger partial charge in [-0.2, -0.15) is 4.98 Å². The molecule has 3 aromatic rings. The van der Waals surface area contributed by atoms with Crippen molar-refractivity contribution < 1.29 is 9.63 Å². The fourth-order valence-corrected chi connectivity index (χ4v) is 1.79. The molecule has 2 aromatic heterocycles. The van der Waals surface area contributed by atoms with E-state index >= 15 is 0 Å². The smallest absolute Gasteiger partial charge is 0.258 e. The Kier molecular flexibility index (Phi) is 2.83. The van der Waals surface area contributed by atoms with Crippen molar-refractivity contribution in [3.05, 3.63) is 42.1 Å². The van der Waals surface area contributed by atoms with Crippen molar-refractivity contribution in [3.8, 4) is 28.6 Å². The van der Waals surface area contributed by atoms with Crippen LogP contribution in [-0.4, -0.2) is 20.2 Å². The number of nitrogens with two attached hydrogens (primary N) is 1. The van der Waals surface area contributed by atoms with Gasteiger partial charge in [-0.1, -0.05) is 11.2 Å². The summed E-state index contributed by atoms with van der Waals surface area (Å²) < 4.78 is 5.21. The number of phenolic OH excluding ortho intramolecular Hbond substituents is 1. The molecule has 0 bridgehead atoms. The van der Waals surface area contributed by atoms with Gasteiger partial charge in [0.2, 0.25) is 5.82 Å². The Labute approximate surface area is 114 Å². The minimum Gasteiger partial charge on any atom is -0.508 e. The Morgan fingerprint density at radius 1 is 1.15 bits per heavy atom. The van der Waals surface area contributed by atoms with Crippen molar-refractivity contribution in [1.29, 1.82) is 0 Å². The third-order valence-corrected chi connectivity index (χ3v) is 2.92. The topological polar surface area (TPSA) is 98.1 Å². The Hall–Kier alpha value is -2.89. The molecule has 20 heavy (non-hydrogen) atoms. The van der Waals surface area contributed by atoms with Gasteiger partial charge in [-0.3, -0.25) is 0 Å². The summed E-state index contributed by atoms with van der Waals surface area (Å²) in [4.78, 5) is 8.20. The third kappa shape index (κ3) is 2.18. The number of pyridine rings is 1. The van der Waals surface area contributed by atoms with E-state index in [4.69, 9.17) is 10.3 Å². The molecular formula is C14H12N4O2. The van der Waals surface area contributed by atoms with Crippen LogP contribution in [0.2, 0.25) is 0 Å². The molecule has 1 aromatic carbocycles. The number of anilines is 1. The Balaban J connectivity index is 1.99. The largest absolute Gasteiger partial charge is 0.508 e. The number of rotatable bonds is 2. The van der Waals surface area contributed by atoms with Gasteiger partial charge >= 0.3 is 0 Å². The predicted molar refractivity (Wildman–Crippen MR) is 73.8 cm³/mol. The molecule has 0 aliphatic heterocycles. The summed E-state index contributed by atoms with van der Waals surface area (Å²) >= 11 is 0. The highest BCUT2D eigenvalue weighted by molar-refractivity contribution is 5.62. The normalized spacial score (nSPS) is 10.7. The maximum Gasteiger partial charge on any atom is 0.258 e. The molecule has 0 saturated heterocycles. The first-order valence-corrected chi connectivity index (χ1v) is 5.99. The number of nitrogens with zero attached hydrogens (tertiary/aromatic N) is 3. The van der Waals surface area contributed by atoms with E-state index in [1.807, 2.05) is 13.0 Å². The number of aromatic hydroxyl groups is 1. The molecule has 0 atom stereocenters. The highest BCUT2D eigenvalue weighted by Crippen LogP contribution is 2.26. The number of aromatic nitrogens is 3. The van der Waals surface area contributed by atoms with Gasteiger partial charge < -0.3 is 15.4 Å². The average Bonchev–Trinajstić information content (AvgIpc) is 2.92. The lowest BCUT2D eigenvalue weighted by Gasteiger charge is -1.99. The number of phenols is 1. The molecule has 0 radical (unpaired) electrons. The monoisotopic (exact) mass is 268 g/mol. The first-order chi connectivity index (χ1) is 9.63. The Morgan fingerprint density at radius 2 is 2.00 bits per heavy atom. The molecule has 0 aliphatic rings. The van der Waals surface area contributed by atoms with E-state index in [2.05, 4.69) is 15.1 Å². The summed E-state index contributed by atoms with van der Waals surface area (Å²) in [5.74, 6) is 1.34. The second-order valence-electron chi connectivity index (χ2n) is 4.39. The average molecular weight is 268 g/mol. The summed E-state index contributed by atoms with van der Waals surface area (Å²) in [6.07, 6.45) is 1.58. The van der Waals surface area contributed by atoms with Crippen LogP contribution in [0.1, 0.15) is 5.56 Å². The van der Waals surface area contributed by atoms with Crippen LogP contribution in [-0.2, 0) is 0 Å². The molecule has 0 aliphatic carbocycles. The van der Waals surface area contributed by atoms with E-state index in [0.717, 1.165) is 11.1 Å². The fraction of sp³-hybridized carbons (Fsp3) is 0.0714. The number of nitrogen functional groups attached to an aromatic ring is 1. The molecule has 0 unspecified atom stereocenters. The SMILES string of the molecule is Cc1ccc(-c2nc(-c3ccnc(N)c3)no2)cc1O. The highest BCUT2D eigenvalue weighted by atomic mass is 16.5. The standard InChI is InChI=1S/C14H12N4O2/c1-8-2-3-10(6-11(8)19)14-17-13(18-20-14)9-4-5-16-12(15)7-9/h2-7,19H,1H3,(H2,15,16). The van der Waals surface area contributed by atoms with Crippen molar-refractivity contribution in [2.45, 2.75) is 6.92 Å². The van der Waals surface area contributed by atoms with Crippen LogP contribution >= 0.6 is 0 Å². The van der Waals surface area contributed by atoms with Crippen LogP contribution in [0.4, 0.5) is 5.82 Å². The van der Waals surface area contributed by atoms with Crippen molar-refractivity contribution in [2.75, 3.05) is 5.73 Å². The van der Waals surface area contributed by atoms with Gasteiger partial charge in [-0.25, -0.2) is 4.98 Å². The zero-order valence-corrected chi connectivity index (χ0v) is 10.7. The Bertz CT molecular complexity index is 767. The van der Waals surface area contributed by atoms with Crippen molar-refractivity contribution in [3.63, 3.8) is 0 Å². The molecule has 6 heteroatoms. The van der Waals surface area contributed by atoms with Crippen LogP contribution in [0, 0.1) is 6.92 Å². The van der Waals surface area contributed by atoms with Crippen LogP contribution in [0.3, 0.4) is 0 Å². The van der Waals surface area contributed by atoms with Gasteiger partial charge in [-0.05, 0) is 36.8 Å². The lowest BCUT2D eigenvalue weighted by Crippen LogP contribution is -1.90. The lowest BCUT2D eigenvalue weighted by atomic mass is 10.1. The molecule has 3 rings (SSSR count). The minimum absolute atomic E-state index is 0.190. The zero-order valence-electron chi connectivity index (χ0n) is 10.7. The third-order valence-electron chi connectivity index (χ3n) is 2.92. The van der Waals surface area contributed by atoms with Crippen LogP contribution in [0.25, 0.3) is 22.8 Å². The number of benzene rings is 1. The number of hydrogen-bond donors (Lipinski definition) is 2. The van der Waals surface area contributed by atoms with Gasteiger partial charge in [0, 0.05) is 17.3 Å². The van der Waals surface area contributed by atoms with Crippen molar-refractivity contribution in [2.24, 2.45) is 0 Å². The Morgan fingerprint density at radius 3 is 2.75 bits per heavy atom. The molecule has 0 fully saturated rings. The van der Waals surface area contributed by atoms with E-state index in [1.54, 1.807) is 30.5 Å². The van der Waals surface area contributed by atoms with Gasteiger partial charge in [0.15, 0.2) is 0 Å². The molecular weight excluding hydrogens is 256 g/mol. The summed E-state index contributed by atoms with van der Waals surface area (Å²) in [7, 11) is 0. The second-order valence-corrected chi connectivity index (χ2v) is 4.39. The van der Waals surface area contributed by atoms with Crippen LogP contribution in [0.15, 0.2) is 41.1 Å². The number of hydrogen-bond acceptors (Lipinski definition) is 6. The van der Waals surface area contributed by atoms with E-state index in [-0.39, 0.29) is 5.75 Å². The summed E-state index contributed by atoms with van der Waals surface area (Å²) in [6.45, 7) is 1.82. The van der Waals surface area contributed by atoms with Crippen molar-refractivity contribution >= 4 is 5.82 Å². The molecule has 0 spiro atoms. The summed E-state index contributed by atoms with van der Waals surface area (Å²) in [5, 5.41) is 13.6. The second kappa shape index (κ2) is 4.65. The fourth-order valence-electron chi connectivity index (χ4n) is 1.79. The van der Waals surface area contributed by atoms with E-state index in [1.165, 1.54) is 0 Å². The van der Waals surface area contributed by atoms with E-state index < -0.39 is 0 Å². The first kappa shape index (κ1) is 12.2. The quantitative estimate of drug-likeness (QED) is 0.740. The minimum atomic E-state index is 0.190. The molecule has 3 N–H and O–H groups in total. The predicted octanol–water partition coefficient (Wildman–Crippen LogP) is 2.39. The maximum atomic E-state index is 9.71. The van der Waals surface area contributed by atoms with Crippen LogP contribution < -0.4 is 5.73 Å². The van der Waals surface area contributed by atoms with E-state index in [0.29, 0.717) is 23.1 Å². The molecule has 0 amide bonds. The van der Waals surface area contributed by atoms with Gasteiger partial charge in [0.25, 0.3) is 5.89 Å². The molecule has 100 valence electrons. The highest BCUT2D eigenvalue weighted by Gasteiger charge is 2.12. The lowest BCUT2D eigenvalue weighted by molar-refractivity contribution is 0.431.